The molecule has 0 aliphatic carbocycles. The molecule has 1 aromatic rings. The van der Waals surface area contributed by atoms with Crippen molar-refractivity contribution in [2.24, 2.45) is 5.73 Å². The first-order valence-electron chi connectivity index (χ1n) is 6.25. The third-order valence-corrected chi connectivity index (χ3v) is 4.36. The minimum Gasteiger partial charge on any atom is -0.493 e. The predicted molar refractivity (Wildman–Crippen MR) is 77.5 cm³/mol. The van der Waals surface area contributed by atoms with Crippen LogP contribution in [0.5, 0.6) is 5.75 Å². The fourth-order valence-corrected chi connectivity index (χ4v) is 2.46. The quantitative estimate of drug-likeness (QED) is 0.782. The lowest BCUT2D eigenvalue weighted by Crippen LogP contribution is -2.15. The van der Waals surface area contributed by atoms with Gasteiger partial charge in [0.2, 0.25) is 5.91 Å². The van der Waals surface area contributed by atoms with Gasteiger partial charge in [-0.3, -0.25) is 4.79 Å². The van der Waals surface area contributed by atoms with Gasteiger partial charge in [0.1, 0.15) is 5.75 Å². The third kappa shape index (κ3) is 4.68. The molecule has 5 nitrogen and oxygen atoms in total. The molecule has 2 N–H and O–H groups in total. The van der Waals surface area contributed by atoms with Crippen LogP contribution in [0.4, 0.5) is 0 Å². The number of ether oxygens (including phenoxy) is 1. The maximum atomic E-state index is 11.4. The molecule has 0 bridgehead atoms. The second-order valence-corrected chi connectivity index (χ2v) is 7.08. The molecule has 1 rings (SSSR count). The summed E-state index contributed by atoms with van der Waals surface area (Å²) in [5.74, 6) is 0.205. The molecule has 0 saturated carbocycles. The second kappa shape index (κ2) is 6.95. The molecule has 20 heavy (non-hydrogen) atoms. The van der Waals surface area contributed by atoms with Gasteiger partial charge < -0.3 is 10.5 Å². The molecule has 0 aromatic heterocycles. The van der Waals surface area contributed by atoms with Gasteiger partial charge >= 0.3 is 0 Å². The maximum absolute atomic E-state index is 11.4. The monoisotopic (exact) mass is 319 g/mol. The number of halogens is 1. The lowest BCUT2D eigenvalue weighted by atomic mass is 9.98. The minimum atomic E-state index is -3.78. The standard InChI is InChI=1S/C13H18ClNO4S/c1-3-9(2)11-8-10(20(14,17)18)4-5-12(11)19-7-6-13(15)16/h4-5,8-9H,3,6-7H2,1-2H3,(H2,15,16). The minimum absolute atomic E-state index is 0.0386. The van der Waals surface area contributed by atoms with E-state index in [2.05, 4.69) is 0 Å². The van der Waals surface area contributed by atoms with E-state index in [9.17, 15) is 13.2 Å². The highest BCUT2D eigenvalue weighted by Gasteiger charge is 2.17. The smallest absolute Gasteiger partial charge is 0.261 e. The number of nitrogens with two attached hydrogens (primary N) is 1. The highest BCUT2D eigenvalue weighted by molar-refractivity contribution is 8.13. The van der Waals surface area contributed by atoms with Crippen LogP contribution in [-0.4, -0.2) is 20.9 Å². The zero-order chi connectivity index (χ0) is 15.3. The summed E-state index contributed by atoms with van der Waals surface area (Å²) in [5.41, 5.74) is 5.79. The number of primary amides is 1. The Labute approximate surface area is 123 Å². The average Bonchev–Trinajstić information content (AvgIpc) is 2.36. The molecule has 1 aromatic carbocycles. The van der Waals surface area contributed by atoms with Crippen molar-refractivity contribution in [3.8, 4) is 5.75 Å². The number of benzene rings is 1. The van der Waals surface area contributed by atoms with E-state index in [-0.39, 0.29) is 23.8 Å². The van der Waals surface area contributed by atoms with Crippen molar-refractivity contribution in [2.75, 3.05) is 6.61 Å². The lowest BCUT2D eigenvalue weighted by Gasteiger charge is -2.16. The Morgan fingerprint density at radius 1 is 1.45 bits per heavy atom. The molecule has 0 heterocycles. The highest BCUT2D eigenvalue weighted by atomic mass is 35.7. The molecule has 0 spiro atoms. The summed E-state index contributed by atoms with van der Waals surface area (Å²) in [5, 5.41) is 0. The van der Waals surface area contributed by atoms with E-state index in [4.69, 9.17) is 21.2 Å². The largest absolute Gasteiger partial charge is 0.493 e. The summed E-state index contributed by atoms with van der Waals surface area (Å²) in [6, 6.07) is 4.45. The zero-order valence-electron chi connectivity index (χ0n) is 11.4. The van der Waals surface area contributed by atoms with Crippen LogP contribution < -0.4 is 10.5 Å². The normalized spacial score (nSPS) is 12.9. The molecular formula is C13H18ClNO4S. The van der Waals surface area contributed by atoms with Crippen molar-refractivity contribution in [1.29, 1.82) is 0 Å². The first-order chi connectivity index (χ1) is 9.25. The van der Waals surface area contributed by atoms with Gasteiger partial charge in [-0.25, -0.2) is 8.42 Å². The molecule has 1 amide bonds. The number of hydrogen-bond donors (Lipinski definition) is 1. The Hall–Kier alpha value is -1.27. The Kier molecular flexibility index (Phi) is 5.83. The first-order valence-corrected chi connectivity index (χ1v) is 8.56. The van der Waals surface area contributed by atoms with Gasteiger partial charge in [0, 0.05) is 10.7 Å². The van der Waals surface area contributed by atoms with Gasteiger partial charge in [-0.05, 0) is 36.1 Å². The topological polar surface area (TPSA) is 86.5 Å². The summed E-state index contributed by atoms with van der Waals surface area (Å²) < 4.78 is 28.2. The van der Waals surface area contributed by atoms with Crippen LogP contribution in [0.15, 0.2) is 23.1 Å². The van der Waals surface area contributed by atoms with Crippen molar-refractivity contribution < 1.29 is 17.9 Å². The predicted octanol–water partition coefficient (Wildman–Crippen LogP) is 2.38. The molecule has 1 unspecified atom stereocenters. The highest BCUT2D eigenvalue weighted by Crippen LogP contribution is 2.32. The molecule has 1 atom stereocenters. The van der Waals surface area contributed by atoms with Crippen LogP contribution in [-0.2, 0) is 13.8 Å². The molecule has 0 aliphatic heterocycles. The number of carbonyl (C=O) groups excluding carboxylic acids is 1. The first kappa shape index (κ1) is 16.8. The van der Waals surface area contributed by atoms with E-state index in [1.807, 2.05) is 13.8 Å². The molecule has 0 aliphatic rings. The number of amides is 1. The van der Waals surface area contributed by atoms with Crippen molar-refractivity contribution in [3.63, 3.8) is 0 Å². The Morgan fingerprint density at radius 3 is 2.60 bits per heavy atom. The fourth-order valence-electron chi connectivity index (χ4n) is 1.68. The Balaban J connectivity index is 3.07. The van der Waals surface area contributed by atoms with E-state index in [0.717, 1.165) is 12.0 Å². The maximum Gasteiger partial charge on any atom is 0.261 e. The fraction of sp³-hybridized carbons (Fsp3) is 0.462. The van der Waals surface area contributed by atoms with Crippen molar-refractivity contribution in [3.05, 3.63) is 23.8 Å². The third-order valence-electron chi connectivity index (χ3n) is 3.01. The van der Waals surface area contributed by atoms with Gasteiger partial charge in [0.25, 0.3) is 9.05 Å². The summed E-state index contributed by atoms with van der Waals surface area (Å²) in [6.45, 7) is 4.10. The van der Waals surface area contributed by atoms with Gasteiger partial charge in [0.15, 0.2) is 0 Å². The number of rotatable bonds is 7. The van der Waals surface area contributed by atoms with E-state index >= 15 is 0 Å². The molecular weight excluding hydrogens is 302 g/mol. The van der Waals surface area contributed by atoms with Crippen LogP contribution >= 0.6 is 10.7 Å². The number of hydrogen-bond acceptors (Lipinski definition) is 4. The van der Waals surface area contributed by atoms with Crippen LogP contribution in [0.1, 0.15) is 38.2 Å². The zero-order valence-corrected chi connectivity index (χ0v) is 13.0. The van der Waals surface area contributed by atoms with E-state index in [0.29, 0.717) is 5.75 Å². The van der Waals surface area contributed by atoms with Crippen LogP contribution in [0, 0.1) is 0 Å². The summed E-state index contributed by atoms with van der Waals surface area (Å²) in [6.07, 6.45) is 0.924. The van der Waals surface area contributed by atoms with Gasteiger partial charge in [-0.15, -0.1) is 0 Å². The second-order valence-electron chi connectivity index (χ2n) is 4.51. The summed E-state index contributed by atoms with van der Waals surface area (Å²) >= 11 is 0. The van der Waals surface area contributed by atoms with Crippen LogP contribution in [0.2, 0.25) is 0 Å². The van der Waals surface area contributed by atoms with Gasteiger partial charge in [-0.1, -0.05) is 13.8 Å². The SMILES string of the molecule is CCC(C)c1cc(S(=O)(=O)Cl)ccc1OCCC(N)=O. The molecule has 7 heteroatoms. The molecule has 0 fully saturated rings. The molecule has 0 radical (unpaired) electrons. The van der Waals surface area contributed by atoms with E-state index < -0.39 is 15.0 Å². The average molecular weight is 320 g/mol. The Bertz CT molecular complexity index is 586. The van der Waals surface area contributed by atoms with Crippen molar-refractivity contribution in [2.45, 2.75) is 37.5 Å². The van der Waals surface area contributed by atoms with Crippen LogP contribution in [0.3, 0.4) is 0 Å². The summed E-state index contributed by atoms with van der Waals surface area (Å²) in [7, 11) is 1.57. The number of carbonyl (C=O) groups is 1. The molecule has 112 valence electrons. The molecule has 0 saturated heterocycles. The van der Waals surface area contributed by atoms with Crippen molar-refractivity contribution >= 4 is 25.6 Å². The van der Waals surface area contributed by atoms with Gasteiger partial charge in [-0.2, -0.15) is 0 Å². The van der Waals surface area contributed by atoms with Crippen molar-refractivity contribution in [1.82, 2.24) is 0 Å². The Morgan fingerprint density at radius 2 is 2.10 bits per heavy atom. The summed E-state index contributed by atoms with van der Waals surface area (Å²) in [4.78, 5) is 10.7. The van der Waals surface area contributed by atoms with Crippen LogP contribution in [0.25, 0.3) is 0 Å². The van der Waals surface area contributed by atoms with E-state index in [1.54, 1.807) is 6.07 Å². The van der Waals surface area contributed by atoms with Gasteiger partial charge in [0.05, 0.1) is 17.9 Å². The lowest BCUT2D eigenvalue weighted by molar-refractivity contribution is -0.118. The van der Waals surface area contributed by atoms with E-state index in [1.165, 1.54) is 12.1 Å².